The summed E-state index contributed by atoms with van der Waals surface area (Å²) in [6, 6.07) is 0.714. The number of anilines is 1. The van der Waals surface area contributed by atoms with Crippen LogP contribution in [0.3, 0.4) is 0 Å². The zero-order chi connectivity index (χ0) is 15.8. The molecule has 1 aliphatic carbocycles. The predicted molar refractivity (Wildman–Crippen MR) is 90.7 cm³/mol. The van der Waals surface area contributed by atoms with Crippen LogP contribution in [0.15, 0.2) is 6.33 Å². The molecule has 0 saturated carbocycles. The van der Waals surface area contributed by atoms with Gasteiger partial charge in [0.1, 0.15) is 12.1 Å². The average molecular weight is 314 g/mol. The van der Waals surface area contributed by atoms with Gasteiger partial charge in [-0.25, -0.2) is 4.98 Å². The van der Waals surface area contributed by atoms with E-state index in [1.165, 1.54) is 43.5 Å². The molecule has 0 bridgehead atoms. The first-order chi connectivity index (χ1) is 11.2. The van der Waals surface area contributed by atoms with Crippen molar-refractivity contribution in [3.8, 4) is 0 Å². The smallest absolute Gasteiger partial charge is 0.254 e. The lowest BCUT2D eigenvalue weighted by Gasteiger charge is -2.24. The molecule has 23 heavy (non-hydrogen) atoms. The normalized spacial score (nSPS) is 25.0. The van der Waals surface area contributed by atoms with Crippen molar-refractivity contribution in [1.29, 1.82) is 0 Å². The van der Waals surface area contributed by atoms with Crippen LogP contribution in [0.4, 0.5) is 5.82 Å². The molecule has 1 aliphatic heterocycles. The molecule has 2 aliphatic rings. The summed E-state index contributed by atoms with van der Waals surface area (Å²) >= 11 is 0. The van der Waals surface area contributed by atoms with Crippen molar-refractivity contribution in [1.82, 2.24) is 24.5 Å². The fourth-order valence-electron chi connectivity index (χ4n) is 4.06. The van der Waals surface area contributed by atoms with E-state index < -0.39 is 0 Å². The van der Waals surface area contributed by atoms with Gasteiger partial charge in [-0.2, -0.15) is 14.6 Å². The van der Waals surface area contributed by atoms with E-state index in [4.69, 9.17) is 4.98 Å². The molecule has 1 saturated heterocycles. The van der Waals surface area contributed by atoms with E-state index in [1.807, 2.05) is 4.52 Å². The highest BCUT2D eigenvalue weighted by Crippen LogP contribution is 2.30. The molecule has 3 heterocycles. The molecule has 0 aromatic carbocycles. The van der Waals surface area contributed by atoms with Crippen molar-refractivity contribution < 1.29 is 0 Å². The summed E-state index contributed by atoms with van der Waals surface area (Å²) in [5.74, 6) is 2.55. The van der Waals surface area contributed by atoms with E-state index in [9.17, 15) is 0 Å². The number of hydrogen-bond donors (Lipinski definition) is 1. The Bertz CT molecular complexity index is 694. The third-order valence-corrected chi connectivity index (χ3v) is 5.48. The van der Waals surface area contributed by atoms with Gasteiger partial charge < -0.3 is 10.2 Å². The Balaban J connectivity index is 1.56. The van der Waals surface area contributed by atoms with Gasteiger partial charge in [0.05, 0.1) is 5.69 Å². The number of fused-ring (bicyclic) bond motifs is 2. The first-order valence-corrected chi connectivity index (χ1v) is 8.88. The van der Waals surface area contributed by atoms with Gasteiger partial charge in [0.15, 0.2) is 0 Å². The lowest BCUT2D eigenvalue weighted by atomic mass is 9.88. The number of likely N-dealkylation sites (tertiary alicyclic amines) is 1. The van der Waals surface area contributed by atoms with Gasteiger partial charge in [-0.05, 0) is 58.0 Å². The standard InChI is InChI=1S/C17H26N6/c1-12-5-6-14-15(10-12)21-17-19-11-20-23(17)16(14)18-8-7-13-4-3-9-22(13)2/h11-13,18H,3-10H2,1-2H3/t12-,13-/m0/s1. The molecule has 4 rings (SSSR count). The minimum atomic E-state index is 0.709. The minimum absolute atomic E-state index is 0.709. The van der Waals surface area contributed by atoms with E-state index in [2.05, 4.69) is 34.3 Å². The average Bonchev–Trinajstić information content (AvgIpc) is 3.15. The molecule has 0 unspecified atom stereocenters. The van der Waals surface area contributed by atoms with Gasteiger partial charge in [0, 0.05) is 18.2 Å². The first kappa shape index (κ1) is 14.9. The number of rotatable bonds is 4. The Morgan fingerprint density at radius 1 is 1.35 bits per heavy atom. The molecule has 2 aromatic heterocycles. The second-order valence-electron chi connectivity index (χ2n) is 7.20. The quantitative estimate of drug-likeness (QED) is 0.937. The maximum Gasteiger partial charge on any atom is 0.254 e. The lowest BCUT2D eigenvalue weighted by Crippen LogP contribution is -2.27. The SMILES string of the molecule is C[C@H]1CCc2c(nc3ncnn3c2NCC[C@@H]2CCCN2C)C1. The van der Waals surface area contributed by atoms with Gasteiger partial charge >= 0.3 is 0 Å². The van der Waals surface area contributed by atoms with Crippen LogP contribution in [0.5, 0.6) is 0 Å². The van der Waals surface area contributed by atoms with Crippen LogP contribution in [0.1, 0.15) is 43.9 Å². The highest BCUT2D eigenvalue weighted by Gasteiger charge is 2.24. The first-order valence-electron chi connectivity index (χ1n) is 8.88. The number of nitrogens with zero attached hydrogens (tertiary/aromatic N) is 5. The molecule has 2 aromatic rings. The Kier molecular flexibility index (Phi) is 3.93. The molecule has 6 nitrogen and oxygen atoms in total. The summed E-state index contributed by atoms with van der Waals surface area (Å²) in [5, 5.41) is 8.04. The highest BCUT2D eigenvalue weighted by atomic mass is 15.4. The summed E-state index contributed by atoms with van der Waals surface area (Å²) in [5.41, 5.74) is 2.56. The third-order valence-electron chi connectivity index (χ3n) is 5.48. The predicted octanol–water partition coefficient (Wildman–Crippen LogP) is 2.15. The molecule has 1 fully saturated rings. The number of hydrogen-bond acceptors (Lipinski definition) is 5. The number of aromatic nitrogens is 4. The van der Waals surface area contributed by atoms with Crippen LogP contribution in [-0.4, -0.2) is 50.7 Å². The van der Waals surface area contributed by atoms with Gasteiger partial charge in [0.2, 0.25) is 0 Å². The Labute approximate surface area is 137 Å². The van der Waals surface area contributed by atoms with Crippen molar-refractivity contribution in [2.75, 3.05) is 25.5 Å². The minimum Gasteiger partial charge on any atom is -0.370 e. The van der Waals surface area contributed by atoms with Crippen LogP contribution < -0.4 is 5.32 Å². The van der Waals surface area contributed by atoms with Crippen molar-refractivity contribution in [2.24, 2.45) is 5.92 Å². The van der Waals surface area contributed by atoms with Crippen LogP contribution >= 0.6 is 0 Å². The van der Waals surface area contributed by atoms with Crippen LogP contribution in [0.2, 0.25) is 0 Å². The number of nitrogens with one attached hydrogen (secondary N) is 1. The summed E-state index contributed by atoms with van der Waals surface area (Å²) in [7, 11) is 2.24. The Morgan fingerprint density at radius 3 is 3.09 bits per heavy atom. The van der Waals surface area contributed by atoms with Crippen molar-refractivity contribution in [3.63, 3.8) is 0 Å². The van der Waals surface area contributed by atoms with Gasteiger partial charge in [-0.1, -0.05) is 6.92 Å². The topological polar surface area (TPSA) is 58.4 Å². The Morgan fingerprint density at radius 2 is 2.26 bits per heavy atom. The van der Waals surface area contributed by atoms with E-state index in [1.54, 1.807) is 6.33 Å². The van der Waals surface area contributed by atoms with E-state index in [-0.39, 0.29) is 0 Å². The van der Waals surface area contributed by atoms with Gasteiger partial charge in [0.25, 0.3) is 5.78 Å². The van der Waals surface area contributed by atoms with Crippen molar-refractivity contribution in [3.05, 3.63) is 17.6 Å². The summed E-state index contributed by atoms with van der Waals surface area (Å²) in [6.07, 6.45) is 8.81. The zero-order valence-electron chi connectivity index (χ0n) is 14.1. The fraction of sp³-hybridized carbons (Fsp3) is 0.706. The maximum atomic E-state index is 4.73. The monoisotopic (exact) mass is 314 g/mol. The second-order valence-corrected chi connectivity index (χ2v) is 7.20. The summed E-state index contributed by atoms with van der Waals surface area (Å²) in [4.78, 5) is 11.5. The summed E-state index contributed by atoms with van der Waals surface area (Å²) in [6.45, 7) is 4.53. The van der Waals surface area contributed by atoms with E-state index in [0.29, 0.717) is 12.0 Å². The molecule has 0 amide bonds. The summed E-state index contributed by atoms with van der Waals surface area (Å²) < 4.78 is 1.88. The molecule has 0 radical (unpaired) electrons. The van der Waals surface area contributed by atoms with Crippen LogP contribution in [0.25, 0.3) is 5.78 Å². The highest BCUT2D eigenvalue weighted by molar-refractivity contribution is 5.53. The van der Waals surface area contributed by atoms with Gasteiger partial charge in [-0.15, -0.1) is 0 Å². The van der Waals surface area contributed by atoms with Crippen molar-refractivity contribution >= 4 is 11.6 Å². The third kappa shape index (κ3) is 2.80. The molecule has 2 atom stereocenters. The molecule has 124 valence electrons. The molecule has 6 heteroatoms. The molecular weight excluding hydrogens is 288 g/mol. The Hall–Kier alpha value is -1.69. The van der Waals surface area contributed by atoms with Crippen LogP contribution in [0, 0.1) is 5.92 Å². The molecule has 0 spiro atoms. The zero-order valence-corrected chi connectivity index (χ0v) is 14.1. The lowest BCUT2D eigenvalue weighted by molar-refractivity contribution is 0.301. The van der Waals surface area contributed by atoms with Crippen molar-refractivity contribution in [2.45, 2.75) is 51.5 Å². The maximum absolute atomic E-state index is 4.73. The fourth-order valence-corrected chi connectivity index (χ4v) is 4.06. The largest absolute Gasteiger partial charge is 0.370 e. The van der Waals surface area contributed by atoms with Crippen LogP contribution in [-0.2, 0) is 12.8 Å². The second kappa shape index (κ2) is 6.07. The molecule has 1 N–H and O–H groups in total. The van der Waals surface area contributed by atoms with E-state index >= 15 is 0 Å². The molecular formula is C17H26N6. The van der Waals surface area contributed by atoms with E-state index in [0.717, 1.165) is 31.0 Å². The van der Waals surface area contributed by atoms with Gasteiger partial charge in [-0.3, -0.25) is 0 Å².